The number of carbonyl (C=O) groups is 1. The third kappa shape index (κ3) is 2.13. The molecule has 1 nitrogen and oxygen atoms in total. The van der Waals surface area contributed by atoms with Crippen LogP contribution >= 0.6 is 34.2 Å². The Hall–Kier alpha value is -0.160. The zero-order valence-electron chi connectivity index (χ0n) is 5.27. The highest BCUT2D eigenvalue weighted by molar-refractivity contribution is 14.1. The fraction of sp³-hybridized carbons (Fsp3) is 0. The lowest BCUT2D eigenvalue weighted by Gasteiger charge is -1.95. The summed E-state index contributed by atoms with van der Waals surface area (Å²) >= 11 is 7.03. The van der Waals surface area contributed by atoms with Crippen molar-refractivity contribution >= 4 is 39.4 Å². The summed E-state index contributed by atoms with van der Waals surface area (Å²) in [6.45, 7) is 0. The molecule has 1 aromatic rings. The van der Waals surface area contributed by atoms with Crippen LogP contribution in [0.4, 0.5) is 4.39 Å². The van der Waals surface area contributed by atoms with Gasteiger partial charge in [-0.1, -0.05) is 0 Å². The number of carbonyl (C=O) groups excluding carboxylic acids is 1. The van der Waals surface area contributed by atoms with Crippen LogP contribution in [-0.4, -0.2) is 5.24 Å². The molecular formula is C7H3ClFIO. The van der Waals surface area contributed by atoms with Crippen LogP contribution in [-0.2, 0) is 0 Å². The quantitative estimate of drug-likeness (QED) is 0.572. The number of benzene rings is 1. The topological polar surface area (TPSA) is 17.1 Å². The van der Waals surface area contributed by atoms with Gasteiger partial charge in [-0.05, 0) is 52.4 Å². The molecule has 0 aliphatic heterocycles. The molecule has 58 valence electrons. The van der Waals surface area contributed by atoms with Gasteiger partial charge >= 0.3 is 0 Å². The molecule has 0 radical (unpaired) electrons. The molecule has 0 amide bonds. The number of hydrogen-bond donors (Lipinski definition) is 0. The second-order valence-corrected chi connectivity index (χ2v) is 3.49. The highest BCUT2D eigenvalue weighted by atomic mass is 127. The van der Waals surface area contributed by atoms with Gasteiger partial charge in [0.1, 0.15) is 5.82 Å². The second-order valence-electron chi connectivity index (χ2n) is 1.90. The van der Waals surface area contributed by atoms with Crippen molar-refractivity contribution in [2.24, 2.45) is 0 Å². The SMILES string of the molecule is O=C(Cl)c1ccc(I)cc1F. The van der Waals surface area contributed by atoms with Crippen molar-refractivity contribution in [3.05, 3.63) is 33.1 Å². The molecule has 0 aromatic heterocycles. The monoisotopic (exact) mass is 284 g/mol. The molecule has 0 N–H and O–H groups in total. The molecule has 1 rings (SSSR count). The van der Waals surface area contributed by atoms with Crippen molar-refractivity contribution in [3.63, 3.8) is 0 Å². The summed E-state index contributed by atoms with van der Waals surface area (Å²) in [7, 11) is 0. The Labute approximate surface area is 81.7 Å². The molecule has 0 saturated carbocycles. The number of rotatable bonds is 1. The third-order valence-electron chi connectivity index (χ3n) is 1.14. The van der Waals surface area contributed by atoms with Crippen molar-refractivity contribution < 1.29 is 9.18 Å². The Bertz CT molecular complexity index is 300. The summed E-state index contributed by atoms with van der Waals surface area (Å²) in [5.74, 6) is -0.572. The predicted molar refractivity (Wildman–Crippen MR) is 49.3 cm³/mol. The Balaban J connectivity index is 3.20. The molecule has 0 aliphatic carbocycles. The zero-order chi connectivity index (χ0) is 8.43. The molecule has 11 heavy (non-hydrogen) atoms. The normalized spacial score (nSPS) is 9.73. The molecule has 0 unspecified atom stereocenters. The third-order valence-corrected chi connectivity index (χ3v) is 2.02. The first-order valence-electron chi connectivity index (χ1n) is 2.76. The fourth-order valence-corrected chi connectivity index (χ4v) is 1.26. The summed E-state index contributed by atoms with van der Waals surface area (Å²) in [5, 5.41) is -0.765. The van der Waals surface area contributed by atoms with Crippen LogP contribution in [0.2, 0.25) is 0 Å². The maximum atomic E-state index is 12.8. The minimum atomic E-state index is -0.765. The van der Waals surface area contributed by atoms with E-state index in [1.807, 2.05) is 22.6 Å². The molecule has 0 fully saturated rings. The Kier molecular flexibility index (Phi) is 2.84. The molecule has 0 atom stereocenters. The van der Waals surface area contributed by atoms with Crippen LogP contribution in [0.1, 0.15) is 10.4 Å². The first-order valence-corrected chi connectivity index (χ1v) is 4.22. The average Bonchev–Trinajstić information content (AvgIpc) is 1.85. The molecule has 0 bridgehead atoms. The van der Waals surface area contributed by atoms with Crippen molar-refractivity contribution in [1.29, 1.82) is 0 Å². The van der Waals surface area contributed by atoms with Gasteiger partial charge in [0.25, 0.3) is 5.24 Å². The second kappa shape index (κ2) is 3.49. The molecule has 0 heterocycles. The van der Waals surface area contributed by atoms with Crippen LogP contribution in [0.5, 0.6) is 0 Å². The molecule has 4 heteroatoms. The first kappa shape index (κ1) is 8.93. The summed E-state index contributed by atoms with van der Waals surface area (Å²) in [6, 6.07) is 4.25. The highest BCUT2D eigenvalue weighted by Gasteiger charge is 2.07. The van der Waals surface area contributed by atoms with Gasteiger partial charge in [0, 0.05) is 3.57 Å². The van der Waals surface area contributed by atoms with Gasteiger partial charge in [0.15, 0.2) is 0 Å². The maximum Gasteiger partial charge on any atom is 0.255 e. The van der Waals surface area contributed by atoms with E-state index in [-0.39, 0.29) is 5.56 Å². The van der Waals surface area contributed by atoms with Gasteiger partial charge in [0.2, 0.25) is 0 Å². The lowest BCUT2D eigenvalue weighted by molar-refractivity contribution is 0.107. The van der Waals surface area contributed by atoms with Gasteiger partial charge in [-0.3, -0.25) is 4.79 Å². The van der Waals surface area contributed by atoms with Crippen LogP contribution in [0, 0.1) is 9.39 Å². The van der Waals surface area contributed by atoms with Crippen molar-refractivity contribution in [1.82, 2.24) is 0 Å². The summed E-state index contributed by atoms with van der Waals surface area (Å²) in [5.41, 5.74) is -0.0768. The summed E-state index contributed by atoms with van der Waals surface area (Å²) in [4.78, 5) is 10.5. The van der Waals surface area contributed by atoms with Crippen LogP contribution in [0.15, 0.2) is 18.2 Å². The van der Waals surface area contributed by atoms with Crippen molar-refractivity contribution in [2.45, 2.75) is 0 Å². The fourth-order valence-electron chi connectivity index (χ4n) is 0.649. The van der Waals surface area contributed by atoms with E-state index in [1.165, 1.54) is 12.1 Å². The largest absolute Gasteiger partial charge is 0.275 e. The van der Waals surface area contributed by atoms with E-state index in [0.29, 0.717) is 0 Å². The van der Waals surface area contributed by atoms with Crippen molar-refractivity contribution in [2.75, 3.05) is 0 Å². The van der Waals surface area contributed by atoms with E-state index >= 15 is 0 Å². The van der Waals surface area contributed by atoms with E-state index in [1.54, 1.807) is 6.07 Å². The van der Waals surface area contributed by atoms with Crippen molar-refractivity contribution in [3.8, 4) is 0 Å². The molecule has 0 spiro atoms. The van der Waals surface area contributed by atoms with E-state index in [4.69, 9.17) is 11.6 Å². The number of halogens is 3. The van der Waals surface area contributed by atoms with Gasteiger partial charge < -0.3 is 0 Å². The van der Waals surface area contributed by atoms with Gasteiger partial charge in [-0.2, -0.15) is 0 Å². The molecule has 0 aliphatic rings. The van der Waals surface area contributed by atoms with Crippen LogP contribution in [0.3, 0.4) is 0 Å². The minimum Gasteiger partial charge on any atom is -0.275 e. The Morgan fingerprint density at radius 3 is 2.64 bits per heavy atom. The lowest BCUT2D eigenvalue weighted by atomic mass is 10.2. The first-order chi connectivity index (χ1) is 5.11. The highest BCUT2D eigenvalue weighted by Crippen LogP contribution is 2.13. The molecule has 1 aromatic carbocycles. The van der Waals surface area contributed by atoms with Gasteiger partial charge in [-0.25, -0.2) is 4.39 Å². The molecule has 0 saturated heterocycles. The average molecular weight is 284 g/mol. The Morgan fingerprint density at radius 1 is 1.55 bits per heavy atom. The number of hydrogen-bond acceptors (Lipinski definition) is 1. The smallest absolute Gasteiger partial charge is 0.255 e. The van der Waals surface area contributed by atoms with E-state index in [2.05, 4.69) is 0 Å². The van der Waals surface area contributed by atoms with Gasteiger partial charge in [-0.15, -0.1) is 0 Å². The summed E-state index contributed by atoms with van der Waals surface area (Å²) < 4.78 is 13.5. The Morgan fingerprint density at radius 2 is 2.18 bits per heavy atom. The van der Waals surface area contributed by atoms with Crippen LogP contribution < -0.4 is 0 Å². The van der Waals surface area contributed by atoms with E-state index < -0.39 is 11.1 Å². The zero-order valence-corrected chi connectivity index (χ0v) is 8.19. The summed E-state index contributed by atoms with van der Waals surface area (Å²) in [6.07, 6.45) is 0. The van der Waals surface area contributed by atoms with E-state index in [9.17, 15) is 9.18 Å². The minimum absolute atomic E-state index is 0.0768. The van der Waals surface area contributed by atoms with E-state index in [0.717, 1.165) is 3.57 Å². The van der Waals surface area contributed by atoms with Gasteiger partial charge in [0.05, 0.1) is 5.56 Å². The maximum absolute atomic E-state index is 12.8. The standard InChI is InChI=1S/C7H3ClFIO/c8-7(11)5-2-1-4(10)3-6(5)9/h1-3H. The van der Waals surface area contributed by atoms with Crippen LogP contribution in [0.25, 0.3) is 0 Å². The molecular weight excluding hydrogens is 281 g/mol. The predicted octanol–water partition coefficient (Wildman–Crippen LogP) is 2.81. The lowest BCUT2D eigenvalue weighted by Crippen LogP contribution is -1.93.